The lowest BCUT2D eigenvalue weighted by Gasteiger charge is -2.20. The van der Waals surface area contributed by atoms with Crippen molar-refractivity contribution in [2.45, 2.75) is 26.4 Å². The third kappa shape index (κ3) is 3.95. The second kappa shape index (κ2) is 7.22. The van der Waals surface area contributed by atoms with Crippen LogP contribution < -0.4 is 5.32 Å². The van der Waals surface area contributed by atoms with Crippen molar-refractivity contribution < 1.29 is 4.79 Å². The van der Waals surface area contributed by atoms with Crippen LogP contribution in [0.5, 0.6) is 0 Å². The SMILES string of the molecule is CC(=O)NCCn1ccnc1-c1cccc([C@@H](C)N(C)C)c1. The van der Waals surface area contributed by atoms with Crippen LogP contribution in [0, 0.1) is 0 Å². The van der Waals surface area contributed by atoms with Crippen molar-refractivity contribution in [2.75, 3.05) is 20.6 Å². The first-order chi connectivity index (χ1) is 10.5. The maximum atomic E-state index is 11.0. The molecule has 0 aliphatic carbocycles. The van der Waals surface area contributed by atoms with E-state index in [0.717, 1.165) is 11.4 Å². The number of imidazole rings is 1. The number of aromatic nitrogens is 2. The van der Waals surface area contributed by atoms with Gasteiger partial charge in [0.25, 0.3) is 0 Å². The van der Waals surface area contributed by atoms with Crippen molar-refractivity contribution >= 4 is 5.91 Å². The van der Waals surface area contributed by atoms with Gasteiger partial charge in [0, 0.05) is 44.0 Å². The van der Waals surface area contributed by atoms with Crippen LogP contribution in [0.25, 0.3) is 11.4 Å². The van der Waals surface area contributed by atoms with Crippen LogP contribution in [0.1, 0.15) is 25.5 Å². The molecule has 5 nitrogen and oxygen atoms in total. The van der Waals surface area contributed by atoms with Gasteiger partial charge in [0.15, 0.2) is 0 Å². The molecule has 1 amide bonds. The van der Waals surface area contributed by atoms with Gasteiger partial charge in [-0.15, -0.1) is 0 Å². The molecule has 118 valence electrons. The van der Waals surface area contributed by atoms with Crippen LogP contribution in [-0.4, -0.2) is 41.0 Å². The Hall–Kier alpha value is -2.14. The maximum absolute atomic E-state index is 11.0. The van der Waals surface area contributed by atoms with Gasteiger partial charge >= 0.3 is 0 Å². The van der Waals surface area contributed by atoms with Crippen LogP contribution in [0.2, 0.25) is 0 Å². The molecule has 0 aliphatic heterocycles. The Bertz CT molecular complexity index is 633. The number of amides is 1. The van der Waals surface area contributed by atoms with E-state index in [-0.39, 0.29) is 5.91 Å². The number of nitrogens with zero attached hydrogens (tertiary/aromatic N) is 3. The van der Waals surface area contributed by atoms with E-state index in [9.17, 15) is 4.79 Å². The van der Waals surface area contributed by atoms with Crippen LogP contribution in [0.3, 0.4) is 0 Å². The minimum absolute atomic E-state index is 0.0107. The fraction of sp³-hybridized carbons (Fsp3) is 0.412. The number of rotatable bonds is 6. The Kier molecular flexibility index (Phi) is 5.33. The first kappa shape index (κ1) is 16.2. The van der Waals surface area contributed by atoms with E-state index in [2.05, 4.69) is 65.1 Å². The summed E-state index contributed by atoms with van der Waals surface area (Å²) in [7, 11) is 4.15. The quantitative estimate of drug-likeness (QED) is 0.890. The molecular weight excluding hydrogens is 276 g/mol. The smallest absolute Gasteiger partial charge is 0.216 e. The van der Waals surface area contributed by atoms with E-state index in [1.54, 1.807) is 6.20 Å². The first-order valence-corrected chi connectivity index (χ1v) is 7.51. The van der Waals surface area contributed by atoms with Gasteiger partial charge in [0.05, 0.1) is 0 Å². The third-order valence-corrected chi connectivity index (χ3v) is 3.84. The average Bonchev–Trinajstić information content (AvgIpc) is 2.94. The van der Waals surface area contributed by atoms with Gasteiger partial charge < -0.3 is 14.8 Å². The summed E-state index contributed by atoms with van der Waals surface area (Å²) in [5.41, 5.74) is 2.36. The summed E-state index contributed by atoms with van der Waals surface area (Å²) in [5.74, 6) is 0.918. The molecule has 0 saturated heterocycles. The van der Waals surface area contributed by atoms with Crippen molar-refractivity contribution in [3.8, 4) is 11.4 Å². The third-order valence-electron chi connectivity index (χ3n) is 3.84. The number of hydrogen-bond acceptors (Lipinski definition) is 3. The monoisotopic (exact) mass is 300 g/mol. The fourth-order valence-corrected chi connectivity index (χ4v) is 2.34. The highest BCUT2D eigenvalue weighted by molar-refractivity contribution is 5.72. The zero-order chi connectivity index (χ0) is 16.1. The molecule has 1 N–H and O–H groups in total. The molecule has 1 heterocycles. The maximum Gasteiger partial charge on any atom is 0.216 e. The molecule has 0 aliphatic rings. The van der Waals surface area contributed by atoms with Gasteiger partial charge in [-0.3, -0.25) is 4.79 Å². The predicted octanol–water partition coefficient (Wildman–Crippen LogP) is 2.31. The predicted molar refractivity (Wildman–Crippen MR) is 88.4 cm³/mol. The van der Waals surface area contributed by atoms with E-state index in [1.807, 2.05) is 6.20 Å². The van der Waals surface area contributed by atoms with Gasteiger partial charge in [0.1, 0.15) is 5.82 Å². The molecule has 0 spiro atoms. The van der Waals surface area contributed by atoms with E-state index in [1.165, 1.54) is 12.5 Å². The lowest BCUT2D eigenvalue weighted by atomic mass is 10.0. The molecule has 1 aromatic carbocycles. The van der Waals surface area contributed by atoms with Crippen LogP contribution in [0.15, 0.2) is 36.7 Å². The van der Waals surface area contributed by atoms with E-state index >= 15 is 0 Å². The lowest BCUT2D eigenvalue weighted by Crippen LogP contribution is -2.24. The Labute approximate surface area is 132 Å². The van der Waals surface area contributed by atoms with Crippen molar-refractivity contribution in [2.24, 2.45) is 0 Å². The normalized spacial score (nSPS) is 12.4. The average molecular weight is 300 g/mol. The number of hydrogen-bond donors (Lipinski definition) is 1. The van der Waals surface area contributed by atoms with Crippen molar-refractivity contribution in [1.82, 2.24) is 19.8 Å². The summed E-state index contributed by atoms with van der Waals surface area (Å²) in [6.07, 6.45) is 3.74. The van der Waals surface area contributed by atoms with Crippen LogP contribution in [0.4, 0.5) is 0 Å². The van der Waals surface area contributed by atoms with Crippen molar-refractivity contribution in [1.29, 1.82) is 0 Å². The molecule has 22 heavy (non-hydrogen) atoms. The molecule has 5 heteroatoms. The zero-order valence-electron chi connectivity index (χ0n) is 13.7. The zero-order valence-corrected chi connectivity index (χ0v) is 13.7. The summed E-state index contributed by atoms with van der Waals surface area (Å²) in [6, 6.07) is 8.81. The Balaban J connectivity index is 2.20. The van der Waals surface area contributed by atoms with Crippen LogP contribution in [-0.2, 0) is 11.3 Å². The van der Waals surface area contributed by atoms with Crippen LogP contribution >= 0.6 is 0 Å². The standard InChI is InChI=1S/C17H24N4O/c1-13(20(3)4)15-6-5-7-16(12-15)17-19-9-11-21(17)10-8-18-14(2)22/h5-7,9,11-13H,8,10H2,1-4H3,(H,18,22)/t13-/m1/s1. The van der Waals surface area contributed by atoms with Crippen molar-refractivity contribution in [3.05, 3.63) is 42.2 Å². The summed E-state index contributed by atoms with van der Waals surface area (Å²) in [6.45, 7) is 5.03. The van der Waals surface area contributed by atoms with Gasteiger partial charge in [-0.25, -0.2) is 4.98 Å². The highest BCUT2D eigenvalue weighted by atomic mass is 16.1. The first-order valence-electron chi connectivity index (χ1n) is 7.51. The molecule has 1 aromatic heterocycles. The summed E-state index contributed by atoms with van der Waals surface area (Å²) < 4.78 is 2.06. The number of carbonyl (C=O) groups is 1. The van der Waals surface area contributed by atoms with Gasteiger partial charge in [0.2, 0.25) is 5.91 Å². The number of nitrogens with one attached hydrogen (secondary N) is 1. The molecule has 0 unspecified atom stereocenters. The summed E-state index contributed by atoms with van der Waals surface area (Å²) in [5, 5.41) is 2.81. The second-order valence-electron chi connectivity index (χ2n) is 5.69. The molecule has 0 bridgehead atoms. The highest BCUT2D eigenvalue weighted by Crippen LogP contribution is 2.24. The topological polar surface area (TPSA) is 50.2 Å². The Morgan fingerprint density at radius 2 is 2.18 bits per heavy atom. The number of carbonyl (C=O) groups excluding carboxylic acids is 1. The molecule has 0 fully saturated rings. The summed E-state index contributed by atoms with van der Waals surface area (Å²) in [4.78, 5) is 17.6. The van der Waals surface area contributed by atoms with E-state index < -0.39 is 0 Å². The largest absolute Gasteiger partial charge is 0.355 e. The number of benzene rings is 1. The lowest BCUT2D eigenvalue weighted by molar-refractivity contribution is -0.118. The van der Waals surface area contributed by atoms with Gasteiger partial charge in [-0.05, 0) is 32.6 Å². The van der Waals surface area contributed by atoms with E-state index in [4.69, 9.17) is 0 Å². The second-order valence-corrected chi connectivity index (χ2v) is 5.69. The molecule has 2 aromatic rings. The summed E-state index contributed by atoms with van der Waals surface area (Å²) >= 11 is 0. The molecule has 0 radical (unpaired) electrons. The minimum Gasteiger partial charge on any atom is -0.355 e. The fourth-order valence-electron chi connectivity index (χ4n) is 2.34. The minimum atomic E-state index is -0.0107. The highest BCUT2D eigenvalue weighted by Gasteiger charge is 2.11. The van der Waals surface area contributed by atoms with Gasteiger partial charge in [-0.1, -0.05) is 18.2 Å². The molecule has 1 atom stereocenters. The van der Waals surface area contributed by atoms with Gasteiger partial charge in [-0.2, -0.15) is 0 Å². The molecule has 0 saturated carbocycles. The molecular formula is C17H24N4O. The Morgan fingerprint density at radius 1 is 1.41 bits per heavy atom. The van der Waals surface area contributed by atoms with Crippen molar-refractivity contribution in [3.63, 3.8) is 0 Å². The molecule has 2 rings (SSSR count). The Morgan fingerprint density at radius 3 is 2.86 bits per heavy atom. The van der Waals surface area contributed by atoms with E-state index in [0.29, 0.717) is 19.1 Å².